The molecule has 1 fully saturated rings. The summed E-state index contributed by atoms with van der Waals surface area (Å²) in [6, 6.07) is 0.112. The molecule has 1 aliphatic rings. The maximum absolute atomic E-state index is 11.7. The highest BCUT2D eigenvalue weighted by atomic mass is 16.5. The molecule has 1 N–H and O–H groups in total. The van der Waals surface area contributed by atoms with Crippen LogP contribution in [-0.2, 0) is 9.53 Å². The molecule has 0 aliphatic heterocycles. The van der Waals surface area contributed by atoms with Crippen molar-refractivity contribution >= 4 is 5.97 Å². The first-order valence-electron chi connectivity index (χ1n) is 5.60. The Labute approximate surface area is 94.8 Å². The van der Waals surface area contributed by atoms with Gasteiger partial charge in [-0.3, -0.25) is 5.32 Å². The van der Waals surface area contributed by atoms with Crippen LogP contribution in [0.2, 0.25) is 0 Å². The topological polar surface area (TPSA) is 56.1 Å². The minimum absolute atomic E-state index is 0.260. The molecule has 88 valence electrons. The number of ether oxygens (including phenoxy) is 1. The lowest BCUT2D eigenvalue weighted by Gasteiger charge is -2.17. The highest BCUT2D eigenvalue weighted by molar-refractivity contribution is 5.76. The van der Waals surface area contributed by atoms with E-state index >= 15 is 0 Å². The second-order valence-electron chi connectivity index (χ2n) is 3.97. The predicted molar refractivity (Wildman–Crippen MR) is 58.9 cm³/mol. The molecule has 1 aromatic heterocycles. The van der Waals surface area contributed by atoms with E-state index in [0.29, 0.717) is 6.04 Å². The van der Waals surface area contributed by atoms with Crippen LogP contribution >= 0.6 is 0 Å². The van der Waals surface area contributed by atoms with Gasteiger partial charge in [0.25, 0.3) is 0 Å². The Morgan fingerprint density at radius 3 is 3.06 bits per heavy atom. The number of methoxy groups -OCH3 is 1. The number of hydrogen-bond donors (Lipinski definition) is 1. The Hall–Kier alpha value is -1.36. The maximum Gasteiger partial charge on any atom is 0.329 e. The lowest BCUT2D eigenvalue weighted by Crippen LogP contribution is -2.31. The molecule has 1 heterocycles. The van der Waals surface area contributed by atoms with Crippen molar-refractivity contribution in [3.05, 3.63) is 18.2 Å². The van der Waals surface area contributed by atoms with Crippen molar-refractivity contribution in [3.8, 4) is 0 Å². The first-order chi connectivity index (χ1) is 7.77. The molecule has 5 nitrogen and oxygen atoms in total. The van der Waals surface area contributed by atoms with Crippen LogP contribution in [0.5, 0.6) is 0 Å². The minimum Gasteiger partial charge on any atom is -0.468 e. The van der Waals surface area contributed by atoms with Crippen LogP contribution in [0.25, 0.3) is 0 Å². The van der Waals surface area contributed by atoms with Gasteiger partial charge in [-0.2, -0.15) is 0 Å². The zero-order chi connectivity index (χ0) is 11.5. The van der Waals surface area contributed by atoms with E-state index in [-0.39, 0.29) is 5.97 Å². The molecule has 0 aromatic carbocycles. The second kappa shape index (κ2) is 4.65. The molecule has 1 atom stereocenters. The fourth-order valence-electron chi connectivity index (χ4n) is 1.83. The fraction of sp³-hybridized carbons (Fsp3) is 0.636. The van der Waals surface area contributed by atoms with Gasteiger partial charge in [0.2, 0.25) is 0 Å². The zero-order valence-corrected chi connectivity index (χ0v) is 9.64. The quantitative estimate of drug-likeness (QED) is 0.758. The normalized spacial score (nSPS) is 17.1. The number of imidazole rings is 1. The van der Waals surface area contributed by atoms with Crippen molar-refractivity contribution in [1.29, 1.82) is 0 Å². The molecule has 1 unspecified atom stereocenters. The van der Waals surface area contributed by atoms with E-state index in [2.05, 4.69) is 14.9 Å². The van der Waals surface area contributed by atoms with Gasteiger partial charge in [0.15, 0.2) is 0 Å². The summed E-state index contributed by atoms with van der Waals surface area (Å²) < 4.78 is 6.87. The molecule has 16 heavy (non-hydrogen) atoms. The first kappa shape index (κ1) is 11.1. The number of carbonyl (C=O) groups is 1. The number of hydrogen-bond acceptors (Lipinski definition) is 4. The highest BCUT2D eigenvalue weighted by Crippen LogP contribution is 2.36. The lowest BCUT2D eigenvalue weighted by molar-refractivity contribution is -0.143. The summed E-state index contributed by atoms with van der Waals surface area (Å²) in [5.41, 5.74) is 0.899. The maximum atomic E-state index is 11.7. The van der Waals surface area contributed by atoms with Gasteiger partial charge < -0.3 is 9.30 Å². The summed E-state index contributed by atoms with van der Waals surface area (Å²) in [6.07, 6.45) is 5.87. The van der Waals surface area contributed by atoms with Gasteiger partial charge in [-0.05, 0) is 19.4 Å². The zero-order valence-electron chi connectivity index (χ0n) is 9.64. The molecule has 5 heteroatoms. The minimum atomic E-state index is -0.405. The SMILES string of the molecule is CCNC(C(=O)OC)c1cncn1C1CC1. The van der Waals surface area contributed by atoms with E-state index in [1.54, 1.807) is 12.5 Å². The van der Waals surface area contributed by atoms with E-state index in [9.17, 15) is 4.79 Å². The van der Waals surface area contributed by atoms with Crippen LogP contribution in [0.4, 0.5) is 0 Å². The van der Waals surface area contributed by atoms with Gasteiger partial charge in [0.1, 0.15) is 6.04 Å². The Balaban J connectivity index is 2.23. The van der Waals surface area contributed by atoms with Gasteiger partial charge in [0, 0.05) is 6.04 Å². The van der Waals surface area contributed by atoms with E-state index in [4.69, 9.17) is 4.74 Å². The van der Waals surface area contributed by atoms with Crippen LogP contribution in [0.1, 0.15) is 37.5 Å². The molecule has 0 bridgehead atoms. The van der Waals surface area contributed by atoms with Gasteiger partial charge in [-0.15, -0.1) is 0 Å². The Bertz CT molecular complexity index is 371. The number of esters is 1. The third-order valence-corrected chi connectivity index (χ3v) is 2.78. The Kier molecular flexibility index (Phi) is 3.24. The average Bonchev–Trinajstić information content (AvgIpc) is 3.04. The Morgan fingerprint density at radius 1 is 1.75 bits per heavy atom. The van der Waals surface area contributed by atoms with E-state index in [1.807, 2.05) is 6.92 Å². The van der Waals surface area contributed by atoms with E-state index in [1.165, 1.54) is 20.0 Å². The van der Waals surface area contributed by atoms with Crippen molar-refractivity contribution in [3.63, 3.8) is 0 Å². The molecule has 0 amide bonds. The van der Waals surface area contributed by atoms with E-state index in [0.717, 1.165) is 12.2 Å². The lowest BCUT2D eigenvalue weighted by atomic mass is 10.2. The van der Waals surface area contributed by atoms with Crippen molar-refractivity contribution < 1.29 is 9.53 Å². The van der Waals surface area contributed by atoms with Crippen molar-refractivity contribution in [2.24, 2.45) is 0 Å². The number of likely N-dealkylation sites (N-methyl/N-ethyl adjacent to an activating group) is 1. The smallest absolute Gasteiger partial charge is 0.329 e. The fourth-order valence-corrected chi connectivity index (χ4v) is 1.83. The second-order valence-corrected chi connectivity index (χ2v) is 3.97. The average molecular weight is 223 g/mol. The summed E-state index contributed by atoms with van der Waals surface area (Å²) >= 11 is 0. The van der Waals surface area contributed by atoms with Crippen molar-refractivity contribution in [1.82, 2.24) is 14.9 Å². The van der Waals surface area contributed by atoms with Crippen LogP contribution in [0, 0.1) is 0 Å². The molecular weight excluding hydrogens is 206 g/mol. The number of aromatic nitrogens is 2. The van der Waals surface area contributed by atoms with Gasteiger partial charge in [-0.1, -0.05) is 6.92 Å². The third kappa shape index (κ3) is 2.09. The molecule has 0 saturated heterocycles. The Morgan fingerprint density at radius 2 is 2.50 bits per heavy atom. The van der Waals surface area contributed by atoms with Crippen LogP contribution in [-0.4, -0.2) is 29.2 Å². The first-order valence-corrected chi connectivity index (χ1v) is 5.60. The van der Waals surface area contributed by atoms with Crippen molar-refractivity contribution in [2.75, 3.05) is 13.7 Å². The monoisotopic (exact) mass is 223 g/mol. The molecule has 0 radical (unpaired) electrons. The predicted octanol–water partition coefficient (Wildman–Crippen LogP) is 1.04. The van der Waals surface area contributed by atoms with Crippen molar-refractivity contribution in [2.45, 2.75) is 31.8 Å². The summed E-state index contributed by atoms with van der Waals surface area (Å²) in [4.78, 5) is 15.8. The number of nitrogens with one attached hydrogen (secondary N) is 1. The molecular formula is C11H17N3O2. The third-order valence-electron chi connectivity index (χ3n) is 2.78. The molecule has 1 saturated carbocycles. The summed E-state index contributed by atoms with van der Waals surface area (Å²) in [5.74, 6) is -0.260. The van der Waals surface area contributed by atoms with Crippen LogP contribution < -0.4 is 5.32 Å². The molecule has 1 aromatic rings. The summed E-state index contributed by atoms with van der Waals surface area (Å²) in [7, 11) is 1.41. The van der Waals surface area contributed by atoms with E-state index < -0.39 is 6.04 Å². The molecule has 1 aliphatic carbocycles. The molecule has 2 rings (SSSR count). The standard InChI is InChI=1S/C11H17N3O2/c1-3-13-10(11(15)16-2)9-6-12-7-14(9)8-4-5-8/h6-8,10,13H,3-5H2,1-2H3. The largest absolute Gasteiger partial charge is 0.468 e. The van der Waals surface area contributed by atoms with Gasteiger partial charge >= 0.3 is 5.97 Å². The summed E-state index contributed by atoms with van der Waals surface area (Å²) in [5, 5.41) is 3.12. The highest BCUT2D eigenvalue weighted by Gasteiger charge is 2.30. The van der Waals surface area contributed by atoms with Crippen LogP contribution in [0.15, 0.2) is 12.5 Å². The molecule has 0 spiro atoms. The van der Waals surface area contributed by atoms with Crippen LogP contribution in [0.3, 0.4) is 0 Å². The number of carbonyl (C=O) groups excluding carboxylic acids is 1. The number of rotatable bonds is 5. The van der Waals surface area contributed by atoms with Gasteiger partial charge in [-0.25, -0.2) is 9.78 Å². The summed E-state index contributed by atoms with van der Waals surface area (Å²) in [6.45, 7) is 2.68. The number of nitrogens with zero attached hydrogens (tertiary/aromatic N) is 2. The van der Waals surface area contributed by atoms with Gasteiger partial charge in [0.05, 0.1) is 25.3 Å².